The minimum atomic E-state index is -0.979. The highest BCUT2D eigenvalue weighted by molar-refractivity contribution is 6.36. The van der Waals surface area contributed by atoms with Gasteiger partial charge in [0.25, 0.3) is 0 Å². The summed E-state index contributed by atoms with van der Waals surface area (Å²) >= 11 is 6.46. The van der Waals surface area contributed by atoms with E-state index in [4.69, 9.17) is 22.1 Å². The Morgan fingerprint density at radius 3 is 2.53 bits per heavy atom. The molecule has 154 valence electrons. The molecule has 3 aromatic carbocycles. The fraction of sp³-hybridized carbons (Fsp3) is 0.208. The SMILES string of the molecule is COc1cc2ccccc2cc1-c1[nH]c2c(Cl)ccc(C(=O)O)c2c1CCCCN. The second-order valence-electron chi connectivity index (χ2n) is 7.27. The first-order chi connectivity index (χ1) is 14.5. The van der Waals surface area contributed by atoms with Crippen molar-refractivity contribution in [1.29, 1.82) is 0 Å². The Kier molecular flexibility index (Phi) is 5.66. The number of carboxylic acid groups (broad SMARTS) is 1. The van der Waals surface area contributed by atoms with Gasteiger partial charge >= 0.3 is 5.97 Å². The van der Waals surface area contributed by atoms with Crippen LogP contribution in [0.2, 0.25) is 5.02 Å². The van der Waals surface area contributed by atoms with Crippen LogP contribution < -0.4 is 10.5 Å². The van der Waals surface area contributed by atoms with Crippen molar-refractivity contribution in [2.75, 3.05) is 13.7 Å². The van der Waals surface area contributed by atoms with Gasteiger partial charge in [-0.05, 0) is 66.4 Å². The number of rotatable bonds is 7. The molecule has 0 amide bonds. The van der Waals surface area contributed by atoms with Crippen LogP contribution in [-0.4, -0.2) is 29.7 Å². The molecule has 5 nitrogen and oxygen atoms in total. The fourth-order valence-corrected chi connectivity index (χ4v) is 4.23. The molecule has 0 atom stereocenters. The smallest absolute Gasteiger partial charge is 0.336 e. The van der Waals surface area contributed by atoms with Crippen LogP contribution in [0.4, 0.5) is 0 Å². The molecule has 0 fully saturated rings. The van der Waals surface area contributed by atoms with E-state index in [1.807, 2.05) is 30.3 Å². The van der Waals surface area contributed by atoms with E-state index in [1.165, 1.54) is 0 Å². The third kappa shape index (κ3) is 3.51. The van der Waals surface area contributed by atoms with Gasteiger partial charge in [0.05, 0.1) is 28.9 Å². The number of methoxy groups -OCH3 is 1. The van der Waals surface area contributed by atoms with Crippen molar-refractivity contribution in [3.63, 3.8) is 0 Å². The zero-order valence-electron chi connectivity index (χ0n) is 16.7. The molecule has 4 aromatic rings. The van der Waals surface area contributed by atoms with Crippen molar-refractivity contribution < 1.29 is 14.6 Å². The summed E-state index contributed by atoms with van der Waals surface area (Å²) in [4.78, 5) is 15.4. The van der Waals surface area contributed by atoms with E-state index in [0.717, 1.165) is 40.4 Å². The number of aromatic amines is 1. The van der Waals surface area contributed by atoms with Crippen LogP contribution in [0.25, 0.3) is 32.9 Å². The maximum atomic E-state index is 12.0. The molecule has 0 radical (unpaired) electrons. The van der Waals surface area contributed by atoms with Gasteiger partial charge in [-0.1, -0.05) is 35.9 Å². The van der Waals surface area contributed by atoms with Crippen molar-refractivity contribution in [3.8, 4) is 17.0 Å². The standard InChI is InChI=1S/C24H23ClN2O3/c1-30-20-13-15-7-3-2-6-14(15)12-18(20)22-16(8-4-5-11-26)21-17(24(28)29)9-10-19(25)23(21)27-22/h2-3,6-7,9-10,12-13,27H,4-5,8,11,26H2,1H3,(H,28,29). The average Bonchev–Trinajstić information content (AvgIpc) is 3.13. The van der Waals surface area contributed by atoms with Gasteiger partial charge in [-0.3, -0.25) is 0 Å². The van der Waals surface area contributed by atoms with E-state index in [-0.39, 0.29) is 5.56 Å². The van der Waals surface area contributed by atoms with Crippen molar-refractivity contribution in [1.82, 2.24) is 4.98 Å². The number of aromatic carboxylic acids is 1. The number of fused-ring (bicyclic) bond motifs is 2. The summed E-state index contributed by atoms with van der Waals surface area (Å²) < 4.78 is 5.70. The first-order valence-corrected chi connectivity index (χ1v) is 10.3. The molecule has 0 aliphatic rings. The van der Waals surface area contributed by atoms with Crippen molar-refractivity contribution in [2.24, 2.45) is 5.73 Å². The molecule has 0 aliphatic heterocycles. The maximum Gasteiger partial charge on any atom is 0.336 e. The molecule has 0 aliphatic carbocycles. The lowest BCUT2D eigenvalue weighted by atomic mass is 9.95. The Bertz CT molecular complexity index is 1250. The first-order valence-electron chi connectivity index (χ1n) is 9.88. The van der Waals surface area contributed by atoms with E-state index in [1.54, 1.807) is 19.2 Å². The van der Waals surface area contributed by atoms with E-state index < -0.39 is 5.97 Å². The summed E-state index contributed by atoms with van der Waals surface area (Å²) in [5.74, 6) is -0.263. The number of aryl methyl sites for hydroxylation is 1. The van der Waals surface area contributed by atoms with Gasteiger partial charge in [-0.2, -0.15) is 0 Å². The van der Waals surface area contributed by atoms with Gasteiger partial charge < -0.3 is 20.6 Å². The monoisotopic (exact) mass is 422 g/mol. The zero-order chi connectivity index (χ0) is 21.3. The Morgan fingerprint density at radius 2 is 1.87 bits per heavy atom. The number of aromatic nitrogens is 1. The third-order valence-corrected chi connectivity index (χ3v) is 5.77. The maximum absolute atomic E-state index is 12.0. The summed E-state index contributed by atoms with van der Waals surface area (Å²) in [5, 5.41) is 13.1. The molecule has 4 N–H and O–H groups in total. The Balaban J connectivity index is 2.04. The number of benzene rings is 3. The van der Waals surface area contributed by atoms with Crippen molar-refractivity contribution in [3.05, 3.63) is 64.7 Å². The first kappa shape index (κ1) is 20.3. The highest BCUT2D eigenvalue weighted by atomic mass is 35.5. The number of H-pyrrole nitrogens is 1. The molecular formula is C24H23ClN2O3. The number of ether oxygens (including phenoxy) is 1. The molecule has 0 spiro atoms. The van der Waals surface area contributed by atoms with Crippen LogP contribution in [0.3, 0.4) is 0 Å². The molecule has 0 saturated heterocycles. The molecular weight excluding hydrogens is 400 g/mol. The Morgan fingerprint density at radius 1 is 1.13 bits per heavy atom. The third-order valence-electron chi connectivity index (χ3n) is 5.46. The Hall–Kier alpha value is -3.02. The van der Waals surface area contributed by atoms with Gasteiger partial charge in [0.2, 0.25) is 0 Å². The topological polar surface area (TPSA) is 88.3 Å². The highest BCUT2D eigenvalue weighted by Crippen LogP contribution is 2.41. The normalized spacial score (nSPS) is 11.3. The lowest BCUT2D eigenvalue weighted by molar-refractivity contribution is 0.0699. The van der Waals surface area contributed by atoms with Crippen LogP contribution in [-0.2, 0) is 6.42 Å². The van der Waals surface area contributed by atoms with Crippen LogP contribution in [0.15, 0.2) is 48.5 Å². The minimum absolute atomic E-state index is 0.236. The van der Waals surface area contributed by atoms with Crippen LogP contribution in [0, 0.1) is 0 Å². The molecule has 6 heteroatoms. The summed E-state index contributed by atoms with van der Waals surface area (Å²) in [5.41, 5.74) is 9.20. The molecule has 0 unspecified atom stereocenters. The summed E-state index contributed by atoms with van der Waals surface area (Å²) in [6.07, 6.45) is 2.38. The average molecular weight is 423 g/mol. The van der Waals surface area contributed by atoms with Crippen molar-refractivity contribution >= 4 is 39.2 Å². The van der Waals surface area contributed by atoms with E-state index >= 15 is 0 Å². The van der Waals surface area contributed by atoms with Crippen LogP contribution in [0.1, 0.15) is 28.8 Å². The molecule has 0 saturated carbocycles. The van der Waals surface area contributed by atoms with E-state index in [2.05, 4.69) is 11.1 Å². The van der Waals surface area contributed by atoms with Gasteiger partial charge in [-0.15, -0.1) is 0 Å². The fourth-order valence-electron chi connectivity index (χ4n) is 4.03. The zero-order valence-corrected chi connectivity index (χ0v) is 17.4. The number of unbranched alkanes of at least 4 members (excludes halogenated alkanes) is 1. The van der Waals surface area contributed by atoms with Crippen LogP contribution in [0.5, 0.6) is 5.75 Å². The van der Waals surface area contributed by atoms with Gasteiger partial charge in [-0.25, -0.2) is 4.79 Å². The molecule has 1 heterocycles. The number of hydrogen-bond donors (Lipinski definition) is 3. The summed E-state index contributed by atoms with van der Waals surface area (Å²) in [7, 11) is 1.64. The Labute approximate surface area is 179 Å². The highest BCUT2D eigenvalue weighted by Gasteiger charge is 2.22. The predicted octanol–water partition coefficient (Wildman–Crippen LogP) is 5.63. The minimum Gasteiger partial charge on any atom is -0.496 e. The predicted molar refractivity (Wildman–Crippen MR) is 122 cm³/mol. The van der Waals surface area contributed by atoms with Crippen molar-refractivity contribution in [2.45, 2.75) is 19.3 Å². The van der Waals surface area contributed by atoms with Gasteiger partial charge in [0, 0.05) is 10.9 Å². The quantitative estimate of drug-likeness (QED) is 0.337. The number of carboxylic acids is 1. The molecule has 1 aromatic heterocycles. The van der Waals surface area contributed by atoms with Gasteiger partial charge in [0.15, 0.2) is 0 Å². The molecule has 30 heavy (non-hydrogen) atoms. The van der Waals surface area contributed by atoms with Gasteiger partial charge in [0.1, 0.15) is 5.75 Å². The molecule has 0 bridgehead atoms. The lowest BCUT2D eigenvalue weighted by Gasteiger charge is -2.12. The van der Waals surface area contributed by atoms with E-state index in [0.29, 0.717) is 34.6 Å². The lowest BCUT2D eigenvalue weighted by Crippen LogP contribution is -2.01. The second kappa shape index (κ2) is 8.38. The van der Waals surface area contributed by atoms with E-state index in [9.17, 15) is 9.90 Å². The van der Waals surface area contributed by atoms with Crippen LogP contribution >= 0.6 is 11.6 Å². The number of carbonyl (C=O) groups is 1. The summed E-state index contributed by atoms with van der Waals surface area (Å²) in [6, 6.07) is 15.3. The number of nitrogens with one attached hydrogen (secondary N) is 1. The number of halogens is 1. The summed E-state index contributed by atoms with van der Waals surface area (Å²) in [6.45, 7) is 0.587. The second-order valence-corrected chi connectivity index (χ2v) is 7.68. The number of hydrogen-bond acceptors (Lipinski definition) is 3. The number of nitrogens with two attached hydrogens (primary N) is 1. The largest absolute Gasteiger partial charge is 0.496 e. The molecule has 4 rings (SSSR count).